The van der Waals surface area contributed by atoms with Crippen LogP contribution in [0.1, 0.15) is 24.1 Å². The van der Waals surface area contributed by atoms with Crippen LogP contribution in [-0.2, 0) is 10.0 Å². The number of rotatable bonds is 4. The summed E-state index contributed by atoms with van der Waals surface area (Å²) in [6.45, 7) is 3.46. The molecule has 21 heavy (non-hydrogen) atoms. The summed E-state index contributed by atoms with van der Waals surface area (Å²) >= 11 is 0. The van der Waals surface area contributed by atoms with E-state index in [1.165, 1.54) is 18.2 Å². The zero-order chi connectivity index (χ0) is 15.6. The van der Waals surface area contributed by atoms with Crippen LogP contribution in [0.5, 0.6) is 0 Å². The van der Waals surface area contributed by atoms with E-state index < -0.39 is 15.8 Å². The van der Waals surface area contributed by atoms with E-state index in [1.54, 1.807) is 32.0 Å². The van der Waals surface area contributed by atoms with Gasteiger partial charge in [-0.3, -0.25) is 4.72 Å². The van der Waals surface area contributed by atoms with Gasteiger partial charge in [0.2, 0.25) is 0 Å². The highest BCUT2D eigenvalue weighted by molar-refractivity contribution is 7.92. The Morgan fingerprint density at radius 3 is 2.52 bits per heavy atom. The molecule has 2 aromatic rings. The van der Waals surface area contributed by atoms with Gasteiger partial charge < -0.3 is 5.73 Å². The van der Waals surface area contributed by atoms with Crippen LogP contribution in [0.15, 0.2) is 47.4 Å². The zero-order valence-corrected chi connectivity index (χ0v) is 12.6. The third kappa shape index (κ3) is 3.80. The molecule has 0 radical (unpaired) electrons. The number of hydrogen-bond acceptors (Lipinski definition) is 3. The Hall–Kier alpha value is -1.92. The molecule has 0 aliphatic rings. The average molecular weight is 308 g/mol. The van der Waals surface area contributed by atoms with Crippen molar-refractivity contribution in [1.29, 1.82) is 0 Å². The van der Waals surface area contributed by atoms with E-state index >= 15 is 0 Å². The Morgan fingerprint density at radius 2 is 1.90 bits per heavy atom. The molecule has 0 saturated carbocycles. The van der Waals surface area contributed by atoms with Crippen molar-refractivity contribution in [2.24, 2.45) is 5.73 Å². The van der Waals surface area contributed by atoms with Crippen molar-refractivity contribution < 1.29 is 12.8 Å². The lowest BCUT2D eigenvalue weighted by Gasteiger charge is -2.11. The molecule has 4 nitrogen and oxygen atoms in total. The molecule has 0 aromatic heterocycles. The first kappa shape index (κ1) is 15.5. The van der Waals surface area contributed by atoms with Crippen molar-refractivity contribution in [3.05, 3.63) is 59.4 Å². The van der Waals surface area contributed by atoms with Crippen LogP contribution >= 0.6 is 0 Å². The Labute approximate surface area is 123 Å². The molecule has 2 aromatic carbocycles. The van der Waals surface area contributed by atoms with E-state index in [9.17, 15) is 12.8 Å². The normalized spacial score (nSPS) is 13.0. The third-order valence-electron chi connectivity index (χ3n) is 2.99. The van der Waals surface area contributed by atoms with Crippen LogP contribution in [0, 0.1) is 12.7 Å². The molecule has 6 heteroatoms. The molecular formula is C15H17FN2O2S. The number of nitrogens with two attached hydrogens (primary N) is 1. The van der Waals surface area contributed by atoms with Gasteiger partial charge in [0.15, 0.2) is 0 Å². The van der Waals surface area contributed by atoms with E-state index in [2.05, 4.69) is 4.72 Å². The van der Waals surface area contributed by atoms with Gasteiger partial charge in [-0.1, -0.05) is 12.1 Å². The van der Waals surface area contributed by atoms with E-state index in [-0.39, 0.29) is 16.6 Å². The fourth-order valence-corrected chi connectivity index (χ4v) is 3.07. The lowest BCUT2D eigenvalue weighted by molar-refractivity contribution is 0.600. The van der Waals surface area contributed by atoms with Crippen molar-refractivity contribution in [1.82, 2.24) is 0 Å². The van der Waals surface area contributed by atoms with Gasteiger partial charge in [-0.2, -0.15) is 0 Å². The maximum absolute atomic E-state index is 13.3. The highest BCUT2D eigenvalue weighted by Gasteiger charge is 2.16. The summed E-state index contributed by atoms with van der Waals surface area (Å²) < 4.78 is 40.3. The van der Waals surface area contributed by atoms with Gasteiger partial charge in [0.25, 0.3) is 10.0 Å². The van der Waals surface area contributed by atoms with E-state index in [0.717, 1.165) is 6.07 Å². The highest BCUT2D eigenvalue weighted by atomic mass is 32.2. The summed E-state index contributed by atoms with van der Waals surface area (Å²) in [6, 6.07) is 10.1. The summed E-state index contributed by atoms with van der Waals surface area (Å²) in [6.07, 6.45) is 0. The molecule has 0 amide bonds. The van der Waals surface area contributed by atoms with Crippen molar-refractivity contribution in [2.45, 2.75) is 24.8 Å². The molecule has 0 bridgehead atoms. The van der Waals surface area contributed by atoms with Gasteiger partial charge in [0.1, 0.15) is 5.82 Å². The Balaban J connectivity index is 2.36. The molecule has 0 fully saturated rings. The Kier molecular flexibility index (Phi) is 4.29. The number of benzene rings is 2. The molecule has 0 heterocycles. The second-order valence-electron chi connectivity index (χ2n) is 4.98. The smallest absolute Gasteiger partial charge is 0.261 e. The summed E-state index contributed by atoms with van der Waals surface area (Å²) in [5.74, 6) is -0.489. The van der Waals surface area contributed by atoms with Gasteiger partial charge >= 0.3 is 0 Å². The number of halogens is 1. The summed E-state index contributed by atoms with van der Waals surface area (Å²) in [7, 11) is -3.78. The molecule has 112 valence electrons. The van der Waals surface area contributed by atoms with Gasteiger partial charge in [0.05, 0.1) is 10.6 Å². The average Bonchev–Trinajstić information content (AvgIpc) is 2.37. The fraction of sp³-hybridized carbons (Fsp3) is 0.200. The van der Waals surface area contributed by atoms with Crippen molar-refractivity contribution >= 4 is 15.7 Å². The predicted octanol–water partition coefficient (Wildman–Crippen LogP) is 2.95. The first-order valence-corrected chi connectivity index (χ1v) is 7.92. The standard InChI is InChI=1S/C15H17FN2O2S/c1-10-6-13(16)9-14(7-10)18-21(19,20)15-5-3-4-12(8-15)11(2)17/h3-9,11,18H,17H2,1-2H3. The van der Waals surface area contributed by atoms with Crippen LogP contribution in [0.25, 0.3) is 0 Å². The van der Waals surface area contributed by atoms with Crippen LogP contribution in [0.2, 0.25) is 0 Å². The third-order valence-corrected chi connectivity index (χ3v) is 4.37. The monoisotopic (exact) mass is 308 g/mol. The van der Waals surface area contributed by atoms with Crippen LogP contribution in [0.4, 0.5) is 10.1 Å². The molecule has 1 unspecified atom stereocenters. The molecule has 0 saturated heterocycles. The van der Waals surface area contributed by atoms with Crippen molar-refractivity contribution in [3.63, 3.8) is 0 Å². The molecule has 3 N–H and O–H groups in total. The van der Waals surface area contributed by atoms with Gasteiger partial charge in [0, 0.05) is 6.04 Å². The lowest BCUT2D eigenvalue weighted by atomic mass is 10.1. The maximum atomic E-state index is 13.3. The van der Waals surface area contributed by atoms with Crippen molar-refractivity contribution in [3.8, 4) is 0 Å². The summed E-state index contributed by atoms with van der Waals surface area (Å²) in [5, 5.41) is 0. The second kappa shape index (κ2) is 5.83. The number of anilines is 1. The highest BCUT2D eigenvalue weighted by Crippen LogP contribution is 2.20. The SMILES string of the molecule is Cc1cc(F)cc(NS(=O)(=O)c2cccc(C(C)N)c2)c1. The second-order valence-corrected chi connectivity index (χ2v) is 6.67. The number of hydrogen-bond donors (Lipinski definition) is 2. The van der Waals surface area contributed by atoms with Gasteiger partial charge in [-0.15, -0.1) is 0 Å². The number of aryl methyl sites for hydroxylation is 1. The minimum atomic E-state index is -3.78. The number of nitrogens with one attached hydrogen (secondary N) is 1. The quantitative estimate of drug-likeness (QED) is 0.912. The predicted molar refractivity (Wildman–Crippen MR) is 81.0 cm³/mol. The minimum Gasteiger partial charge on any atom is -0.324 e. The minimum absolute atomic E-state index is 0.0965. The molecular weight excluding hydrogens is 291 g/mol. The van der Waals surface area contributed by atoms with E-state index in [1.807, 2.05) is 0 Å². The van der Waals surface area contributed by atoms with Crippen LogP contribution in [-0.4, -0.2) is 8.42 Å². The largest absolute Gasteiger partial charge is 0.324 e. The van der Waals surface area contributed by atoms with Crippen LogP contribution in [0.3, 0.4) is 0 Å². The summed E-state index contributed by atoms with van der Waals surface area (Å²) in [5.41, 5.74) is 7.30. The Bertz CT molecular complexity index is 738. The number of sulfonamides is 1. The Morgan fingerprint density at radius 1 is 1.19 bits per heavy atom. The lowest BCUT2D eigenvalue weighted by Crippen LogP contribution is -2.14. The maximum Gasteiger partial charge on any atom is 0.261 e. The van der Waals surface area contributed by atoms with E-state index in [0.29, 0.717) is 11.1 Å². The van der Waals surface area contributed by atoms with E-state index in [4.69, 9.17) is 5.73 Å². The molecule has 1 atom stereocenters. The van der Waals surface area contributed by atoms with Gasteiger partial charge in [-0.25, -0.2) is 12.8 Å². The fourth-order valence-electron chi connectivity index (χ4n) is 1.97. The van der Waals surface area contributed by atoms with Gasteiger partial charge in [-0.05, 0) is 55.3 Å². The summed E-state index contributed by atoms with van der Waals surface area (Å²) in [4.78, 5) is 0.0965. The topological polar surface area (TPSA) is 72.2 Å². The van der Waals surface area contributed by atoms with Crippen molar-refractivity contribution in [2.75, 3.05) is 4.72 Å². The first-order valence-electron chi connectivity index (χ1n) is 6.43. The molecule has 0 aliphatic heterocycles. The molecule has 0 aliphatic carbocycles. The molecule has 2 rings (SSSR count). The first-order chi connectivity index (χ1) is 9.78. The molecule has 0 spiro atoms. The van der Waals surface area contributed by atoms with Crippen LogP contribution < -0.4 is 10.5 Å². The zero-order valence-electron chi connectivity index (χ0n) is 11.8.